The minimum Gasteiger partial charge on any atom is -0.481 e. The lowest BCUT2D eigenvalue weighted by Crippen LogP contribution is -2.37. The topological polar surface area (TPSA) is 84.2 Å². The van der Waals surface area contributed by atoms with Gasteiger partial charge in [-0.15, -0.1) is 0 Å². The molecule has 20 heavy (non-hydrogen) atoms. The summed E-state index contributed by atoms with van der Waals surface area (Å²) in [5, 5.41) is 12.4. The van der Waals surface area contributed by atoms with Crippen molar-refractivity contribution in [1.29, 1.82) is 0 Å². The number of hydrogen-bond acceptors (Lipinski definition) is 4. The van der Waals surface area contributed by atoms with Crippen LogP contribution in [0.2, 0.25) is 0 Å². The Morgan fingerprint density at radius 1 is 1.45 bits per heavy atom. The zero-order valence-corrected chi connectivity index (χ0v) is 11.3. The molecule has 2 saturated carbocycles. The van der Waals surface area contributed by atoms with Crippen molar-refractivity contribution < 1.29 is 9.90 Å². The van der Waals surface area contributed by atoms with E-state index in [1.165, 1.54) is 0 Å². The van der Waals surface area contributed by atoms with Gasteiger partial charge in [-0.1, -0.05) is 12.8 Å². The number of aromatic nitrogens is 2. The van der Waals surface area contributed by atoms with Crippen LogP contribution < -0.4 is 10.9 Å². The Labute approximate surface area is 116 Å². The van der Waals surface area contributed by atoms with Crippen LogP contribution in [-0.2, 0) is 4.79 Å². The monoisotopic (exact) mass is 277 g/mol. The number of carboxylic acid groups (broad SMARTS) is 1. The van der Waals surface area contributed by atoms with Crippen molar-refractivity contribution in [2.24, 2.45) is 5.41 Å². The highest BCUT2D eigenvalue weighted by atomic mass is 16.4. The molecule has 108 valence electrons. The molecule has 0 saturated heterocycles. The van der Waals surface area contributed by atoms with Crippen LogP contribution in [0.15, 0.2) is 17.2 Å². The van der Waals surface area contributed by atoms with Gasteiger partial charge in [-0.05, 0) is 25.7 Å². The maximum Gasteiger partial charge on any atom is 0.311 e. The lowest BCUT2D eigenvalue weighted by molar-refractivity contribution is -0.147. The van der Waals surface area contributed by atoms with Gasteiger partial charge in [0.05, 0.1) is 5.41 Å². The Morgan fingerprint density at radius 2 is 2.15 bits per heavy atom. The lowest BCUT2D eigenvalue weighted by atomic mass is 9.86. The number of carbonyl (C=O) groups is 1. The highest BCUT2D eigenvalue weighted by Crippen LogP contribution is 2.38. The molecule has 0 radical (unpaired) electrons. The van der Waals surface area contributed by atoms with Crippen molar-refractivity contribution >= 4 is 11.8 Å². The minimum atomic E-state index is -0.777. The van der Waals surface area contributed by atoms with Crippen LogP contribution in [-0.4, -0.2) is 27.2 Å². The third-order valence-electron chi connectivity index (χ3n) is 4.42. The molecule has 2 aliphatic carbocycles. The summed E-state index contributed by atoms with van der Waals surface area (Å²) in [5.74, 6) is -0.507. The van der Waals surface area contributed by atoms with Crippen LogP contribution in [0.3, 0.4) is 0 Å². The zero-order chi connectivity index (χ0) is 14.2. The van der Waals surface area contributed by atoms with Gasteiger partial charge in [0.15, 0.2) is 5.82 Å². The van der Waals surface area contributed by atoms with Gasteiger partial charge in [-0.3, -0.25) is 9.59 Å². The van der Waals surface area contributed by atoms with E-state index in [9.17, 15) is 14.7 Å². The molecule has 0 bridgehead atoms. The molecule has 6 nitrogen and oxygen atoms in total. The summed E-state index contributed by atoms with van der Waals surface area (Å²) in [4.78, 5) is 27.8. The van der Waals surface area contributed by atoms with Crippen LogP contribution in [0, 0.1) is 5.41 Å². The summed E-state index contributed by atoms with van der Waals surface area (Å²) in [6.07, 6.45) is 8.56. The van der Waals surface area contributed by atoms with E-state index in [1.807, 2.05) is 0 Å². The minimum absolute atomic E-state index is 0.145. The fraction of sp³-hybridized carbons (Fsp3) is 0.643. The molecule has 6 heteroatoms. The fourth-order valence-electron chi connectivity index (χ4n) is 2.96. The first-order valence-corrected chi connectivity index (χ1v) is 7.17. The molecule has 3 rings (SSSR count). The van der Waals surface area contributed by atoms with Crippen LogP contribution >= 0.6 is 0 Å². The Kier molecular flexibility index (Phi) is 3.23. The van der Waals surface area contributed by atoms with Crippen molar-refractivity contribution in [3.05, 3.63) is 22.7 Å². The van der Waals surface area contributed by atoms with Crippen LogP contribution in [0.4, 0.5) is 5.82 Å². The normalized spacial score (nSPS) is 20.8. The molecule has 1 heterocycles. The molecule has 0 spiro atoms. The molecule has 1 aromatic rings. The summed E-state index contributed by atoms with van der Waals surface area (Å²) < 4.78 is 1.69. The average Bonchev–Trinajstić information content (AvgIpc) is 3.15. The van der Waals surface area contributed by atoms with E-state index in [-0.39, 0.29) is 17.9 Å². The molecule has 0 unspecified atom stereocenters. The average molecular weight is 277 g/mol. The number of nitrogens with zero attached hydrogens (tertiary/aromatic N) is 2. The van der Waals surface area contributed by atoms with Gasteiger partial charge in [0.1, 0.15) is 0 Å². The molecule has 2 fully saturated rings. The summed E-state index contributed by atoms with van der Waals surface area (Å²) in [5.41, 5.74) is -0.887. The molecule has 0 amide bonds. The predicted octanol–water partition coefficient (Wildman–Crippen LogP) is 1.64. The van der Waals surface area contributed by atoms with Crippen molar-refractivity contribution in [3.63, 3.8) is 0 Å². The first kappa shape index (κ1) is 13.1. The molecule has 2 aliphatic rings. The van der Waals surface area contributed by atoms with Gasteiger partial charge in [0.25, 0.3) is 5.56 Å². The smallest absolute Gasteiger partial charge is 0.311 e. The highest BCUT2D eigenvalue weighted by Gasteiger charge is 2.41. The van der Waals surface area contributed by atoms with E-state index in [0.717, 1.165) is 25.7 Å². The predicted molar refractivity (Wildman–Crippen MR) is 73.8 cm³/mol. The van der Waals surface area contributed by atoms with E-state index < -0.39 is 11.4 Å². The maximum absolute atomic E-state index is 12.2. The molecular weight excluding hydrogens is 258 g/mol. The summed E-state index contributed by atoms with van der Waals surface area (Å²) >= 11 is 0. The summed E-state index contributed by atoms with van der Waals surface area (Å²) in [6, 6.07) is 0.297. The van der Waals surface area contributed by atoms with E-state index in [0.29, 0.717) is 18.9 Å². The SMILES string of the molecule is O=C(O)C1(CNc2nccn(C3CC3)c2=O)CCCC1. The van der Waals surface area contributed by atoms with Crippen LogP contribution in [0.5, 0.6) is 0 Å². The Bertz CT molecular complexity index is 571. The van der Waals surface area contributed by atoms with Crippen molar-refractivity contribution in [1.82, 2.24) is 9.55 Å². The summed E-state index contributed by atoms with van der Waals surface area (Å²) in [7, 11) is 0. The van der Waals surface area contributed by atoms with E-state index >= 15 is 0 Å². The van der Waals surface area contributed by atoms with Crippen LogP contribution in [0.1, 0.15) is 44.6 Å². The Balaban J connectivity index is 1.76. The first-order chi connectivity index (χ1) is 9.62. The molecule has 0 aliphatic heterocycles. The fourth-order valence-corrected chi connectivity index (χ4v) is 2.96. The molecule has 0 atom stereocenters. The summed E-state index contributed by atoms with van der Waals surface area (Å²) in [6.45, 7) is 0.277. The first-order valence-electron chi connectivity index (χ1n) is 7.17. The molecule has 2 N–H and O–H groups in total. The second kappa shape index (κ2) is 4.92. The number of rotatable bonds is 5. The third kappa shape index (κ3) is 2.30. The van der Waals surface area contributed by atoms with Crippen LogP contribution in [0.25, 0.3) is 0 Å². The Morgan fingerprint density at radius 3 is 2.75 bits per heavy atom. The van der Waals surface area contributed by atoms with Gasteiger partial charge in [0.2, 0.25) is 0 Å². The highest BCUT2D eigenvalue weighted by molar-refractivity contribution is 5.75. The molecular formula is C14H19N3O3. The van der Waals surface area contributed by atoms with Gasteiger partial charge in [-0.2, -0.15) is 0 Å². The van der Waals surface area contributed by atoms with Gasteiger partial charge in [-0.25, -0.2) is 4.98 Å². The third-order valence-corrected chi connectivity index (χ3v) is 4.42. The standard InChI is InChI=1S/C14H19N3O3/c18-12-11(15-7-8-17(12)10-3-4-10)16-9-14(13(19)20)5-1-2-6-14/h7-8,10H,1-6,9H2,(H,15,16)(H,19,20). The number of anilines is 1. The van der Waals surface area contributed by atoms with Crippen molar-refractivity contribution in [2.45, 2.75) is 44.6 Å². The van der Waals surface area contributed by atoms with E-state index in [4.69, 9.17) is 0 Å². The molecule has 1 aromatic heterocycles. The number of hydrogen-bond donors (Lipinski definition) is 2. The van der Waals surface area contributed by atoms with E-state index in [1.54, 1.807) is 17.0 Å². The molecule has 0 aromatic carbocycles. The van der Waals surface area contributed by atoms with Gasteiger partial charge >= 0.3 is 5.97 Å². The largest absolute Gasteiger partial charge is 0.481 e. The number of carboxylic acids is 1. The second-order valence-corrected chi connectivity index (χ2v) is 5.87. The Hall–Kier alpha value is -1.85. The van der Waals surface area contributed by atoms with Crippen molar-refractivity contribution in [2.75, 3.05) is 11.9 Å². The van der Waals surface area contributed by atoms with Crippen molar-refractivity contribution in [3.8, 4) is 0 Å². The lowest BCUT2D eigenvalue weighted by Gasteiger charge is -2.24. The quantitative estimate of drug-likeness (QED) is 0.854. The van der Waals surface area contributed by atoms with E-state index in [2.05, 4.69) is 10.3 Å². The second-order valence-electron chi connectivity index (χ2n) is 5.87. The maximum atomic E-state index is 12.2. The number of nitrogens with one attached hydrogen (secondary N) is 1. The zero-order valence-electron chi connectivity index (χ0n) is 11.3. The van der Waals surface area contributed by atoms with Gasteiger partial charge < -0.3 is 15.0 Å². The number of aliphatic carboxylic acids is 1. The van der Waals surface area contributed by atoms with Gasteiger partial charge in [0, 0.05) is 25.0 Å².